The molecular weight excluding hydrogens is 319 g/mol. The summed E-state index contributed by atoms with van der Waals surface area (Å²) in [5, 5.41) is 2.17. The fraction of sp³-hybridized carbons (Fsp3) is 0.600. The molecule has 1 fully saturated rings. The fourth-order valence-electron chi connectivity index (χ4n) is 4.64. The number of benzene rings is 2. The van der Waals surface area contributed by atoms with E-state index in [1.807, 2.05) is 6.07 Å². The van der Waals surface area contributed by atoms with Crippen LogP contribution in [-0.2, 0) is 6.42 Å². The van der Waals surface area contributed by atoms with Gasteiger partial charge in [0.2, 0.25) is 0 Å². The lowest BCUT2D eigenvalue weighted by Crippen LogP contribution is -2.15. The van der Waals surface area contributed by atoms with Crippen LogP contribution in [-0.4, -0.2) is 0 Å². The quantitative estimate of drug-likeness (QED) is 0.399. The molecule has 0 nitrogen and oxygen atoms in total. The van der Waals surface area contributed by atoms with Crippen molar-refractivity contribution < 1.29 is 4.39 Å². The van der Waals surface area contributed by atoms with Crippen LogP contribution in [0.2, 0.25) is 0 Å². The fourth-order valence-corrected chi connectivity index (χ4v) is 4.64. The van der Waals surface area contributed by atoms with Crippen LogP contribution >= 0.6 is 0 Å². The van der Waals surface area contributed by atoms with Crippen molar-refractivity contribution in [2.24, 2.45) is 11.8 Å². The molecule has 0 radical (unpaired) electrons. The Balaban J connectivity index is 1.38. The van der Waals surface area contributed by atoms with E-state index in [1.165, 1.54) is 82.6 Å². The third-order valence-corrected chi connectivity index (χ3v) is 6.39. The average molecular weight is 355 g/mol. The Kier molecular flexibility index (Phi) is 7.53. The predicted molar refractivity (Wildman–Crippen MR) is 111 cm³/mol. The summed E-state index contributed by atoms with van der Waals surface area (Å²) in [5.74, 6) is 1.77. The van der Waals surface area contributed by atoms with Crippen molar-refractivity contribution >= 4 is 10.8 Å². The largest absolute Gasteiger partial charge is 0.207 e. The van der Waals surface area contributed by atoms with Gasteiger partial charge < -0.3 is 0 Å². The Morgan fingerprint density at radius 2 is 1.42 bits per heavy atom. The summed E-state index contributed by atoms with van der Waals surface area (Å²) in [6.07, 6.45) is 16.8. The summed E-state index contributed by atoms with van der Waals surface area (Å²) in [4.78, 5) is 0. The van der Waals surface area contributed by atoms with Gasteiger partial charge in [0.05, 0.1) is 0 Å². The third-order valence-electron chi connectivity index (χ3n) is 6.39. The van der Waals surface area contributed by atoms with E-state index in [4.69, 9.17) is 0 Å². The van der Waals surface area contributed by atoms with Crippen molar-refractivity contribution in [3.63, 3.8) is 0 Å². The van der Waals surface area contributed by atoms with E-state index in [1.54, 1.807) is 12.1 Å². The Hall–Kier alpha value is -1.37. The van der Waals surface area contributed by atoms with Crippen molar-refractivity contribution in [3.05, 3.63) is 47.8 Å². The average Bonchev–Trinajstić information content (AvgIpc) is 2.67. The minimum atomic E-state index is -0.146. The van der Waals surface area contributed by atoms with Gasteiger partial charge in [-0.05, 0) is 53.1 Å². The summed E-state index contributed by atoms with van der Waals surface area (Å²) < 4.78 is 13.3. The monoisotopic (exact) mass is 354 g/mol. The van der Waals surface area contributed by atoms with Gasteiger partial charge in [-0.2, -0.15) is 0 Å². The van der Waals surface area contributed by atoms with Gasteiger partial charge in [0, 0.05) is 0 Å². The Labute approximate surface area is 159 Å². The summed E-state index contributed by atoms with van der Waals surface area (Å²) in [7, 11) is 0. The summed E-state index contributed by atoms with van der Waals surface area (Å²) >= 11 is 0. The number of hydrogen-bond donors (Lipinski definition) is 0. The van der Waals surface area contributed by atoms with Gasteiger partial charge in [-0.1, -0.05) is 95.4 Å². The van der Waals surface area contributed by atoms with E-state index in [0.717, 1.165) is 22.6 Å². The number of unbranched alkanes of at least 4 members (excludes halogenated alkanes) is 4. The van der Waals surface area contributed by atoms with Crippen molar-refractivity contribution in [3.8, 4) is 0 Å². The van der Waals surface area contributed by atoms with Gasteiger partial charge in [-0.3, -0.25) is 0 Å². The molecule has 26 heavy (non-hydrogen) atoms. The van der Waals surface area contributed by atoms with Gasteiger partial charge in [0.15, 0.2) is 0 Å². The van der Waals surface area contributed by atoms with Crippen LogP contribution < -0.4 is 0 Å². The SMILES string of the molecule is CCCCCCCC1CCC(CCc2ccc3cc(F)ccc3c2)CC1. The van der Waals surface area contributed by atoms with Crippen molar-refractivity contribution in [2.45, 2.75) is 84.0 Å². The minimum Gasteiger partial charge on any atom is -0.207 e. The molecule has 0 spiro atoms. The highest BCUT2D eigenvalue weighted by Crippen LogP contribution is 2.34. The Bertz CT molecular complexity index is 667. The maximum atomic E-state index is 13.3. The van der Waals surface area contributed by atoms with Crippen LogP contribution in [0.4, 0.5) is 4.39 Å². The minimum absolute atomic E-state index is 0.146. The summed E-state index contributed by atoms with van der Waals surface area (Å²) in [5.41, 5.74) is 1.40. The Morgan fingerprint density at radius 1 is 0.769 bits per heavy atom. The molecule has 1 aliphatic rings. The van der Waals surface area contributed by atoms with Crippen LogP contribution in [0.15, 0.2) is 36.4 Å². The zero-order valence-corrected chi connectivity index (χ0v) is 16.5. The lowest BCUT2D eigenvalue weighted by molar-refractivity contribution is 0.249. The lowest BCUT2D eigenvalue weighted by atomic mass is 9.77. The molecule has 0 aromatic heterocycles. The maximum absolute atomic E-state index is 13.3. The van der Waals surface area contributed by atoms with Gasteiger partial charge in [-0.15, -0.1) is 0 Å². The molecule has 142 valence electrons. The van der Waals surface area contributed by atoms with E-state index in [9.17, 15) is 4.39 Å². The summed E-state index contributed by atoms with van der Waals surface area (Å²) in [6.45, 7) is 2.29. The molecule has 0 unspecified atom stereocenters. The number of fused-ring (bicyclic) bond motifs is 1. The highest BCUT2D eigenvalue weighted by Gasteiger charge is 2.20. The van der Waals surface area contributed by atoms with Gasteiger partial charge in [0.1, 0.15) is 5.82 Å². The molecule has 0 bridgehead atoms. The van der Waals surface area contributed by atoms with E-state index >= 15 is 0 Å². The zero-order chi connectivity index (χ0) is 18.2. The second kappa shape index (κ2) is 10.1. The molecule has 0 atom stereocenters. The van der Waals surface area contributed by atoms with E-state index in [0.29, 0.717) is 0 Å². The first-order chi connectivity index (χ1) is 12.7. The number of halogens is 1. The van der Waals surface area contributed by atoms with Crippen LogP contribution in [0.5, 0.6) is 0 Å². The highest BCUT2D eigenvalue weighted by molar-refractivity contribution is 5.83. The van der Waals surface area contributed by atoms with E-state index < -0.39 is 0 Å². The van der Waals surface area contributed by atoms with Crippen molar-refractivity contribution in [1.82, 2.24) is 0 Å². The van der Waals surface area contributed by atoms with Crippen LogP contribution in [0.25, 0.3) is 10.8 Å². The van der Waals surface area contributed by atoms with Crippen LogP contribution in [0.1, 0.15) is 83.1 Å². The molecule has 1 aliphatic carbocycles. The highest BCUT2D eigenvalue weighted by atomic mass is 19.1. The first kappa shape index (κ1) is 19.4. The van der Waals surface area contributed by atoms with Crippen LogP contribution in [0, 0.1) is 17.7 Å². The van der Waals surface area contributed by atoms with E-state index in [2.05, 4.69) is 25.1 Å². The molecule has 0 N–H and O–H groups in total. The smallest absolute Gasteiger partial charge is 0.123 e. The maximum Gasteiger partial charge on any atom is 0.123 e. The number of rotatable bonds is 9. The number of aryl methyl sites for hydroxylation is 1. The molecule has 3 rings (SSSR count). The second-order valence-electron chi connectivity index (χ2n) is 8.45. The molecule has 0 amide bonds. The Morgan fingerprint density at radius 3 is 2.19 bits per heavy atom. The van der Waals surface area contributed by atoms with Crippen LogP contribution in [0.3, 0.4) is 0 Å². The molecular formula is C25H35F. The first-order valence-corrected chi connectivity index (χ1v) is 10.9. The van der Waals surface area contributed by atoms with Crippen molar-refractivity contribution in [1.29, 1.82) is 0 Å². The topological polar surface area (TPSA) is 0 Å². The molecule has 2 aromatic carbocycles. The predicted octanol–water partition coefficient (Wildman–Crippen LogP) is 8.08. The summed E-state index contributed by atoms with van der Waals surface area (Å²) in [6, 6.07) is 11.6. The molecule has 0 aliphatic heterocycles. The van der Waals surface area contributed by atoms with Gasteiger partial charge in [-0.25, -0.2) is 4.39 Å². The zero-order valence-electron chi connectivity index (χ0n) is 16.5. The van der Waals surface area contributed by atoms with Gasteiger partial charge >= 0.3 is 0 Å². The van der Waals surface area contributed by atoms with Gasteiger partial charge in [0.25, 0.3) is 0 Å². The third kappa shape index (κ3) is 5.83. The molecule has 2 aromatic rings. The molecule has 0 saturated heterocycles. The number of hydrogen-bond acceptors (Lipinski definition) is 0. The normalized spacial score (nSPS) is 20.5. The lowest BCUT2D eigenvalue weighted by Gasteiger charge is -2.28. The second-order valence-corrected chi connectivity index (χ2v) is 8.45. The van der Waals surface area contributed by atoms with E-state index in [-0.39, 0.29) is 5.82 Å². The molecule has 1 heteroatoms. The molecule has 1 saturated carbocycles. The van der Waals surface area contributed by atoms with Crippen molar-refractivity contribution in [2.75, 3.05) is 0 Å². The standard InChI is InChI=1S/C25H35F/c1-2-3-4-5-6-7-20-8-10-21(11-9-20)12-13-22-14-15-24-19-25(26)17-16-23(24)18-22/h14-21H,2-13H2,1H3. The molecule has 0 heterocycles. The first-order valence-electron chi connectivity index (χ1n) is 10.9.